The Morgan fingerprint density at radius 3 is 2.45 bits per heavy atom. The molecule has 20 heavy (non-hydrogen) atoms. The molecule has 1 aliphatic heterocycles. The van der Waals surface area contributed by atoms with Crippen molar-refractivity contribution >= 4 is 17.8 Å². The number of nitrogens with one attached hydrogen (secondary N) is 1. The van der Waals surface area contributed by atoms with Crippen LogP contribution in [0.3, 0.4) is 0 Å². The number of aliphatic carboxylic acids is 1. The zero-order valence-corrected chi connectivity index (χ0v) is 11.8. The van der Waals surface area contributed by atoms with Crippen LogP contribution in [0.1, 0.15) is 38.5 Å². The van der Waals surface area contributed by atoms with Gasteiger partial charge in [-0.1, -0.05) is 19.3 Å². The zero-order chi connectivity index (χ0) is 14.7. The fourth-order valence-corrected chi connectivity index (χ4v) is 3.16. The van der Waals surface area contributed by atoms with Crippen LogP contribution in [0.15, 0.2) is 0 Å². The summed E-state index contributed by atoms with van der Waals surface area (Å²) in [4.78, 5) is 36.5. The minimum absolute atomic E-state index is 0.0139. The van der Waals surface area contributed by atoms with E-state index in [1.807, 2.05) is 0 Å². The second-order valence-electron chi connectivity index (χ2n) is 5.90. The molecule has 6 heteroatoms. The average Bonchev–Trinajstić information content (AvgIpc) is 2.76. The van der Waals surface area contributed by atoms with Crippen molar-refractivity contribution in [2.45, 2.75) is 44.6 Å². The first kappa shape index (κ1) is 14.8. The summed E-state index contributed by atoms with van der Waals surface area (Å²) in [5, 5.41) is 12.0. The topological polar surface area (TPSA) is 86.7 Å². The number of carbonyl (C=O) groups excluding carboxylic acids is 2. The first-order chi connectivity index (χ1) is 9.49. The lowest BCUT2D eigenvalue weighted by Gasteiger charge is -2.28. The Morgan fingerprint density at radius 2 is 1.95 bits per heavy atom. The Labute approximate surface area is 118 Å². The number of carboxylic acids is 1. The van der Waals surface area contributed by atoms with Gasteiger partial charge in [0.25, 0.3) is 0 Å². The molecule has 1 saturated carbocycles. The molecular formula is C14H22N2O4. The number of hydrogen-bond donors (Lipinski definition) is 2. The van der Waals surface area contributed by atoms with Crippen molar-refractivity contribution in [3.05, 3.63) is 0 Å². The van der Waals surface area contributed by atoms with E-state index in [-0.39, 0.29) is 24.2 Å². The average molecular weight is 282 g/mol. The molecule has 2 rings (SSSR count). The summed E-state index contributed by atoms with van der Waals surface area (Å²) < 4.78 is 0. The summed E-state index contributed by atoms with van der Waals surface area (Å²) in [5.74, 6) is -1.74. The molecule has 2 fully saturated rings. The predicted molar refractivity (Wildman–Crippen MR) is 71.9 cm³/mol. The summed E-state index contributed by atoms with van der Waals surface area (Å²) in [6, 6.07) is -0.816. The van der Waals surface area contributed by atoms with E-state index in [0.29, 0.717) is 6.54 Å². The van der Waals surface area contributed by atoms with Gasteiger partial charge in [-0.2, -0.15) is 0 Å². The number of nitrogens with zero attached hydrogens (tertiary/aromatic N) is 1. The first-order valence-corrected chi connectivity index (χ1v) is 7.26. The van der Waals surface area contributed by atoms with Crippen LogP contribution in [0.2, 0.25) is 0 Å². The van der Waals surface area contributed by atoms with Gasteiger partial charge in [0.1, 0.15) is 6.04 Å². The van der Waals surface area contributed by atoms with E-state index in [1.54, 1.807) is 7.05 Å². The molecule has 2 amide bonds. The van der Waals surface area contributed by atoms with Crippen LogP contribution in [0, 0.1) is 11.8 Å². The molecule has 2 aliphatic rings. The monoisotopic (exact) mass is 282 g/mol. The maximum absolute atomic E-state index is 12.1. The fourth-order valence-electron chi connectivity index (χ4n) is 3.16. The molecular weight excluding hydrogens is 260 g/mol. The molecule has 0 aromatic rings. The number of hydrogen-bond acceptors (Lipinski definition) is 3. The van der Waals surface area contributed by atoms with Gasteiger partial charge < -0.3 is 15.3 Å². The molecule has 1 saturated heterocycles. The third-order valence-corrected chi connectivity index (χ3v) is 4.40. The molecule has 0 aromatic carbocycles. The SMILES string of the molecule is CN1CC(C(=O)NC(C(=O)O)C2CCCCC2)CC1=O. The van der Waals surface area contributed by atoms with Crippen LogP contribution in [0.25, 0.3) is 0 Å². The van der Waals surface area contributed by atoms with Crippen molar-refractivity contribution < 1.29 is 19.5 Å². The maximum Gasteiger partial charge on any atom is 0.326 e. The quantitative estimate of drug-likeness (QED) is 0.791. The normalized spacial score (nSPS) is 25.6. The second-order valence-corrected chi connectivity index (χ2v) is 5.90. The second kappa shape index (κ2) is 6.24. The van der Waals surface area contributed by atoms with E-state index < -0.39 is 17.9 Å². The van der Waals surface area contributed by atoms with Gasteiger partial charge in [0.05, 0.1) is 5.92 Å². The number of amides is 2. The van der Waals surface area contributed by atoms with Gasteiger partial charge in [-0.25, -0.2) is 4.79 Å². The van der Waals surface area contributed by atoms with Gasteiger partial charge in [-0.05, 0) is 18.8 Å². The molecule has 0 radical (unpaired) electrons. The minimum Gasteiger partial charge on any atom is -0.480 e. The summed E-state index contributed by atoms with van der Waals surface area (Å²) in [7, 11) is 1.66. The molecule has 2 N–H and O–H groups in total. The van der Waals surface area contributed by atoms with Crippen LogP contribution < -0.4 is 5.32 Å². The molecule has 0 bridgehead atoms. The highest BCUT2D eigenvalue weighted by Gasteiger charge is 2.36. The highest BCUT2D eigenvalue weighted by molar-refractivity contribution is 5.91. The molecule has 1 heterocycles. The first-order valence-electron chi connectivity index (χ1n) is 7.26. The van der Waals surface area contributed by atoms with E-state index in [9.17, 15) is 19.5 Å². The summed E-state index contributed by atoms with van der Waals surface area (Å²) in [5.41, 5.74) is 0. The number of carboxylic acid groups (broad SMARTS) is 1. The van der Waals surface area contributed by atoms with Crippen LogP contribution in [0.4, 0.5) is 0 Å². The Balaban J connectivity index is 1.95. The van der Waals surface area contributed by atoms with Crippen molar-refractivity contribution in [2.24, 2.45) is 11.8 Å². The van der Waals surface area contributed by atoms with Crippen LogP contribution >= 0.6 is 0 Å². The van der Waals surface area contributed by atoms with Gasteiger partial charge in [-0.3, -0.25) is 9.59 Å². The largest absolute Gasteiger partial charge is 0.480 e. The smallest absolute Gasteiger partial charge is 0.326 e. The van der Waals surface area contributed by atoms with Gasteiger partial charge in [-0.15, -0.1) is 0 Å². The number of likely N-dealkylation sites (tertiary alicyclic amines) is 1. The van der Waals surface area contributed by atoms with E-state index in [0.717, 1.165) is 32.1 Å². The van der Waals surface area contributed by atoms with Crippen molar-refractivity contribution in [3.8, 4) is 0 Å². The van der Waals surface area contributed by atoms with Crippen LogP contribution in [-0.4, -0.2) is 47.4 Å². The van der Waals surface area contributed by atoms with Crippen molar-refractivity contribution in [1.82, 2.24) is 10.2 Å². The molecule has 1 aliphatic carbocycles. The Morgan fingerprint density at radius 1 is 1.30 bits per heavy atom. The zero-order valence-electron chi connectivity index (χ0n) is 11.8. The van der Waals surface area contributed by atoms with E-state index in [2.05, 4.69) is 5.32 Å². The lowest BCUT2D eigenvalue weighted by Crippen LogP contribution is -2.48. The predicted octanol–water partition coefficient (Wildman–Crippen LogP) is 0.614. The standard InChI is InChI=1S/C14H22N2O4/c1-16-8-10(7-11(16)17)13(18)15-12(14(19)20)9-5-3-2-4-6-9/h9-10,12H,2-8H2,1H3,(H,15,18)(H,19,20). The van der Waals surface area contributed by atoms with Crippen LogP contribution in [0.5, 0.6) is 0 Å². The maximum atomic E-state index is 12.1. The van der Waals surface area contributed by atoms with E-state index >= 15 is 0 Å². The van der Waals surface area contributed by atoms with Gasteiger partial charge in [0.15, 0.2) is 0 Å². The Bertz CT molecular complexity index is 404. The van der Waals surface area contributed by atoms with Crippen molar-refractivity contribution in [2.75, 3.05) is 13.6 Å². The summed E-state index contributed by atoms with van der Waals surface area (Å²) in [6.45, 7) is 0.377. The molecule has 2 unspecified atom stereocenters. The number of carbonyl (C=O) groups is 3. The van der Waals surface area contributed by atoms with Gasteiger partial charge in [0, 0.05) is 20.0 Å². The third kappa shape index (κ3) is 3.29. The summed E-state index contributed by atoms with van der Waals surface area (Å²) in [6.07, 6.45) is 5.06. The van der Waals surface area contributed by atoms with Crippen LogP contribution in [-0.2, 0) is 14.4 Å². The summed E-state index contributed by atoms with van der Waals surface area (Å²) >= 11 is 0. The lowest BCUT2D eigenvalue weighted by molar-refractivity contribution is -0.144. The number of rotatable bonds is 4. The lowest BCUT2D eigenvalue weighted by atomic mass is 9.83. The molecule has 0 aromatic heterocycles. The van der Waals surface area contributed by atoms with E-state index in [4.69, 9.17) is 0 Å². The minimum atomic E-state index is -0.970. The highest BCUT2D eigenvalue weighted by atomic mass is 16.4. The fraction of sp³-hybridized carbons (Fsp3) is 0.786. The van der Waals surface area contributed by atoms with E-state index in [1.165, 1.54) is 4.90 Å². The third-order valence-electron chi connectivity index (χ3n) is 4.40. The molecule has 112 valence electrons. The molecule has 6 nitrogen and oxygen atoms in total. The van der Waals surface area contributed by atoms with Gasteiger partial charge >= 0.3 is 5.97 Å². The molecule has 2 atom stereocenters. The molecule has 0 spiro atoms. The Hall–Kier alpha value is -1.59. The Kier molecular flexibility index (Phi) is 4.62. The van der Waals surface area contributed by atoms with Crippen molar-refractivity contribution in [1.29, 1.82) is 0 Å². The highest BCUT2D eigenvalue weighted by Crippen LogP contribution is 2.27. The van der Waals surface area contributed by atoms with Gasteiger partial charge in [0.2, 0.25) is 11.8 Å². The van der Waals surface area contributed by atoms with Crippen molar-refractivity contribution in [3.63, 3.8) is 0 Å².